The van der Waals surface area contributed by atoms with E-state index in [2.05, 4.69) is 10.3 Å². The van der Waals surface area contributed by atoms with Crippen LogP contribution in [0.5, 0.6) is 11.5 Å². The molecular weight excluding hydrogens is 605 g/mol. The first-order valence-corrected chi connectivity index (χ1v) is 14.0. The number of hydrogen-bond donors (Lipinski definition) is 3. The van der Waals surface area contributed by atoms with Crippen LogP contribution in [0.25, 0.3) is 0 Å². The van der Waals surface area contributed by atoms with E-state index < -0.39 is 59.9 Å². The fourth-order valence-electron chi connectivity index (χ4n) is 5.38. The number of ether oxygens (including phenoxy) is 2. The number of nitrogens with one attached hydrogen (secondary N) is 1. The molecule has 1 unspecified atom stereocenters. The lowest BCUT2D eigenvalue weighted by atomic mass is 9.88. The lowest BCUT2D eigenvalue weighted by Gasteiger charge is -2.27. The van der Waals surface area contributed by atoms with E-state index in [9.17, 15) is 32.7 Å². The van der Waals surface area contributed by atoms with E-state index in [-0.39, 0.29) is 29.3 Å². The number of halogens is 3. The predicted molar refractivity (Wildman–Crippen MR) is 159 cm³/mol. The van der Waals surface area contributed by atoms with E-state index in [4.69, 9.17) is 15.2 Å². The number of nitrogens with zero attached hydrogens (tertiary/aromatic N) is 2. The van der Waals surface area contributed by atoms with Crippen molar-refractivity contribution in [3.63, 3.8) is 0 Å². The monoisotopic (exact) mass is 630 g/mol. The molecule has 13 heteroatoms. The van der Waals surface area contributed by atoms with E-state index >= 15 is 0 Å². The maximum atomic E-state index is 14.1. The number of anilines is 1. The summed E-state index contributed by atoms with van der Waals surface area (Å²) in [6.45, 7) is -0.540. The number of para-hydroxylation sites is 1. The number of primary amides is 1. The number of aliphatic hydroxyl groups is 1. The van der Waals surface area contributed by atoms with E-state index in [1.807, 2.05) is 0 Å². The van der Waals surface area contributed by atoms with Crippen molar-refractivity contribution in [2.45, 2.75) is 18.2 Å². The molecule has 0 radical (unpaired) electrons. The summed E-state index contributed by atoms with van der Waals surface area (Å²) in [5.41, 5.74) is 6.92. The number of aliphatic imine (C=N–C) groups is 1. The van der Waals surface area contributed by atoms with Crippen molar-refractivity contribution in [1.82, 2.24) is 5.32 Å². The molecule has 4 aromatic carbocycles. The van der Waals surface area contributed by atoms with E-state index in [0.29, 0.717) is 22.6 Å². The molecule has 0 bridgehead atoms. The van der Waals surface area contributed by atoms with E-state index in [1.165, 1.54) is 12.1 Å². The number of fused-ring (bicyclic) bond motifs is 2. The maximum absolute atomic E-state index is 14.1. The van der Waals surface area contributed by atoms with Gasteiger partial charge in [-0.15, -0.1) is 0 Å². The van der Waals surface area contributed by atoms with Crippen LogP contribution in [0, 0.1) is 17.5 Å². The van der Waals surface area contributed by atoms with Gasteiger partial charge < -0.3 is 25.6 Å². The molecule has 3 amide bonds. The molecule has 3 atom stereocenters. The Hall–Kier alpha value is -5.69. The van der Waals surface area contributed by atoms with Crippen LogP contribution in [0.4, 0.5) is 18.9 Å². The largest absolute Gasteiger partial charge is 0.454 e. The van der Waals surface area contributed by atoms with Gasteiger partial charge in [0.1, 0.15) is 12.4 Å². The summed E-state index contributed by atoms with van der Waals surface area (Å²) >= 11 is 0. The van der Waals surface area contributed by atoms with Gasteiger partial charge in [-0.3, -0.25) is 19.3 Å². The Labute approximate surface area is 259 Å². The van der Waals surface area contributed by atoms with Crippen LogP contribution in [-0.2, 0) is 14.4 Å². The van der Waals surface area contributed by atoms with Crippen molar-refractivity contribution in [2.24, 2.45) is 10.7 Å². The topological polar surface area (TPSA) is 144 Å². The first-order valence-electron chi connectivity index (χ1n) is 14.0. The minimum Gasteiger partial charge on any atom is -0.454 e. The summed E-state index contributed by atoms with van der Waals surface area (Å²) in [5.74, 6) is -6.28. The normalized spacial score (nSPS) is 16.6. The Morgan fingerprint density at radius 1 is 0.935 bits per heavy atom. The summed E-state index contributed by atoms with van der Waals surface area (Å²) in [6, 6.07) is 18.9. The second-order valence-corrected chi connectivity index (χ2v) is 10.5. The molecular formula is C33H25F3N4O6. The molecule has 4 N–H and O–H groups in total. The van der Waals surface area contributed by atoms with Crippen LogP contribution in [0.3, 0.4) is 0 Å². The van der Waals surface area contributed by atoms with Gasteiger partial charge in [0.15, 0.2) is 23.1 Å². The Bertz CT molecular complexity index is 1880. The van der Waals surface area contributed by atoms with Gasteiger partial charge in [-0.2, -0.15) is 0 Å². The van der Waals surface area contributed by atoms with Gasteiger partial charge in [0.25, 0.3) is 5.91 Å². The number of carbonyl (C=O) groups excluding carboxylic acids is 3. The summed E-state index contributed by atoms with van der Waals surface area (Å²) in [4.78, 5) is 45.9. The summed E-state index contributed by atoms with van der Waals surface area (Å²) < 4.78 is 52.6. The molecule has 6 rings (SSSR count). The third-order valence-corrected chi connectivity index (χ3v) is 7.56. The molecule has 46 heavy (non-hydrogen) atoms. The molecule has 0 aromatic heterocycles. The fraction of sp³-hybridized carbons (Fsp3) is 0.152. The predicted octanol–water partition coefficient (Wildman–Crippen LogP) is 3.46. The van der Waals surface area contributed by atoms with Crippen molar-refractivity contribution in [3.05, 3.63) is 125 Å². The second kappa shape index (κ2) is 12.4. The standard InChI is InChI=1S/C33H25F3N4O6/c34-20-9-5-17(6-10-20)28(30(42)19-7-11-22(35)23(36)13-19)32(43)39-31-33(44)40(15-27(37)41)24-4-2-1-3-21(24)29(38-31)18-8-12-25-26(14-18)46-16-45-25/h1-14,28,30-31,42H,15-16H2,(H2,37,41)(H,39,43)/t28-,30+,31?/m0/s1. The summed E-state index contributed by atoms with van der Waals surface area (Å²) in [7, 11) is 0. The average Bonchev–Trinajstić information content (AvgIpc) is 3.48. The first kappa shape index (κ1) is 30.3. The van der Waals surface area contributed by atoms with Gasteiger partial charge in [-0.25, -0.2) is 18.2 Å². The quantitative estimate of drug-likeness (QED) is 0.272. The fourth-order valence-corrected chi connectivity index (χ4v) is 5.38. The molecule has 2 aliphatic rings. The Morgan fingerprint density at radius 2 is 1.65 bits per heavy atom. The number of rotatable bonds is 8. The third-order valence-electron chi connectivity index (χ3n) is 7.56. The zero-order valence-corrected chi connectivity index (χ0v) is 23.8. The van der Waals surface area contributed by atoms with Crippen LogP contribution in [0.1, 0.15) is 34.3 Å². The van der Waals surface area contributed by atoms with E-state index in [1.54, 1.807) is 42.5 Å². The highest BCUT2D eigenvalue weighted by molar-refractivity contribution is 6.21. The molecule has 2 aliphatic heterocycles. The van der Waals surface area contributed by atoms with Gasteiger partial charge in [0.2, 0.25) is 24.8 Å². The minimum atomic E-state index is -1.77. The van der Waals surface area contributed by atoms with Gasteiger partial charge in [-0.1, -0.05) is 36.4 Å². The van der Waals surface area contributed by atoms with Crippen LogP contribution in [0.2, 0.25) is 0 Å². The Morgan fingerprint density at radius 3 is 2.39 bits per heavy atom. The van der Waals surface area contributed by atoms with Crippen molar-refractivity contribution >= 4 is 29.1 Å². The van der Waals surface area contributed by atoms with E-state index in [0.717, 1.165) is 35.2 Å². The summed E-state index contributed by atoms with van der Waals surface area (Å²) in [5, 5.41) is 13.9. The van der Waals surface area contributed by atoms with Gasteiger partial charge >= 0.3 is 0 Å². The molecule has 0 spiro atoms. The van der Waals surface area contributed by atoms with Crippen molar-refractivity contribution < 1.29 is 42.1 Å². The van der Waals surface area contributed by atoms with Crippen molar-refractivity contribution in [3.8, 4) is 11.5 Å². The van der Waals surface area contributed by atoms with Gasteiger partial charge in [0, 0.05) is 11.1 Å². The zero-order valence-electron chi connectivity index (χ0n) is 23.8. The first-order chi connectivity index (χ1) is 22.1. The highest BCUT2D eigenvalue weighted by Gasteiger charge is 2.38. The van der Waals surface area contributed by atoms with Crippen LogP contribution in [0.15, 0.2) is 89.9 Å². The highest BCUT2D eigenvalue weighted by Crippen LogP contribution is 2.36. The zero-order chi connectivity index (χ0) is 32.5. The SMILES string of the molecule is NC(=O)CN1C(=O)C(NC(=O)[C@@H](c2ccc(F)cc2)[C@H](O)c2ccc(F)c(F)c2)N=C(c2ccc3c(c2)OCO3)c2ccccc21. The van der Waals surface area contributed by atoms with Crippen molar-refractivity contribution in [2.75, 3.05) is 18.2 Å². The molecule has 0 aliphatic carbocycles. The Balaban J connectivity index is 1.44. The highest BCUT2D eigenvalue weighted by atomic mass is 19.2. The molecule has 234 valence electrons. The van der Waals surface area contributed by atoms with Crippen LogP contribution >= 0.6 is 0 Å². The number of aliphatic hydroxyl groups excluding tert-OH is 1. The minimum absolute atomic E-state index is 0.0104. The number of benzodiazepines with no additional fused rings is 1. The Kier molecular flexibility index (Phi) is 8.16. The van der Waals surface area contributed by atoms with Gasteiger partial charge in [-0.05, 0) is 59.7 Å². The van der Waals surface area contributed by atoms with Crippen LogP contribution < -0.4 is 25.4 Å². The molecule has 2 heterocycles. The number of nitrogens with two attached hydrogens (primary N) is 1. The molecule has 0 saturated carbocycles. The molecule has 4 aromatic rings. The van der Waals surface area contributed by atoms with Crippen LogP contribution in [-0.4, -0.2) is 48.0 Å². The van der Waals surface area contributed by atoms with Gasteiger partial charge in [0.05, 0.1) is 23.4 Å². The smallest absolute Gasteiger partial charge is 0.272 e. The molecule has 10 nitrogen and oxygen atoms in total. The summed E-state index contributed by atoms with van der Waals surface area (Å²) in [6.07, 6.45) is -3.43. The number of benzene rings is 4. The molecule has 0 fully saturated rings. The molecule has 0 saturated heterocycles. The second-order valence-electron chi connectivity index (χ2n) is 10.5. The third kappa shape index (κ3) is 5.87. The number of hydrogen-bond acceptors (Lipinski definition) is 7. The lowest BCUT2D eigenvalue weighted by molar-refractivity contribution is -0.130. The lowest BCUT2D eigenvalue weighted by Crippen LogP contribution is -2.51. The number of carbonyl (C=O) groups is 3. The average molecular weight is 631 g/mol. The number of amides is 3. The maximum Gasteiger partial charge on any atom is 0.272 e. The van der Waals surface area contributed by atoms with Crippen molar-refractivity contribution in [1.29, 1.82) is 0 Å².